The van der Waals surface area contributed by atoms with Crippen LogP contribution in [0.4, 0.5) is 27.4 Å². The number of para-hydroxylation sites is 2. The largest absolute Gasteiger partial charge is 0.301 e. The summed E-state index contributed by atoms with van der Waals surface area (Å²) < 4.78 is 16.9. The average Bonchev–Trinajstić information content (AvgIpc) is 3.20. The van der Waals surface area contributed by atoms with Gasteiger partial charge in [-0.05, 0) is 37.5 Å². The van der Waals surface area contributed by atoms with Gasteiger partial charge in [-0.15, -0.1) is 0 Å². The van der Waals surface area contributed by atoms with E-state index >= 15 is 4.39 Å². The first-order chi connectivity index (χ1) is 16.6. The van der Waals surface area contributed by atoms with E-state index in [0.717, 1.165) is 52.8 Å². The van der Waals surface area contributed by atoms with Crippen molar-refractivity contribution in [1.29, 1.82) is 0 Å². The van der Waals surface area contributed by atoms with Gasteiger partial charge in [-0.2, -0.15) is 0 Å². The molecule has 0 amide bonds. The summed E-state index contributed by atoms with van der Waals surface area (Å²) in [5.41, 5.74) is 3.28. The summed E-state index contributed by atoms with van der Waals surface area (Å²) in [4.78, 5) is 15.3. The third-order valence-corrected chi connectivity index (χ3v) is 8.83. The van der Waals surface area contributed by atoms with Crippen molar-refractivity contribution < 1.29 is 4.39 Å². The molecule has 0 bridgehead atoms. The van der Waals surface area contributed by atoms with Crippen molar-refractivity contribution in [3.63, 3.8) is 0 Å². The van der Waals surface area contributed by atoms with Crippen LogP contribution in [-0.4, -0.2) is 16.1 Å². The van der Waals surface area contributed by atoms with Gasteiger partial charge in [-0.3, -0.25) is 0 Å². The molecular formula is C30H35FN4. The van der Waals surface area contributed by atoms with Gasteiger partial charge in [0.05, 0.1) is 17.1 Å². The van der Waals surface area contributed by atoms with E-state index in [9.17, 15) is 0 Å². The molecule has 35 heavy (non-hydrogen) atoms. The number of fused-ring (bicyclic) bond motifs is 6. The van der Waals surface area contributed by atoms with Crippen molar-refractivity contribution in [1.82, 2.24) is 9.97 Å². The molecule has 3 aromatic rings. The first kappa shape index (κ1) is 22.5. The molecule has 2 aliphatic heterocycles. The molecule has 0 saturated carbocycles. The number of aromatic nitrogens is 2. The van der Waals surface area contributed by atoms with Gasteiger partial charge in [0, 0.05) is 28.0 Å². The van der Waals surface area contributed by atoms with Crippen LogP contribution in [-0.2, 0) is 16.5 Å². The molecule has 1 aliphatic carbocycles. The highest BCUT2D eigenvalue weighted by atomic mass is 19.1. The third-order valence-electron chi connectivity index (χ3n) is 8.83. The van der Waals surface area contributed by atoms with Crippen LogP contribution in [0.5, 0.6) is 0 Å². The number of benzene rings is 2. The Kier molecular flexibility index (Phi) is 4.68. The fourth-order valence-electron chi connectivity index (χ4n) is 6.51. The van der Waals surface area contributed by atoms with E-state index in [1.165, 1.54) is 0 Å². The zero-order chi connectivity index (χ0) is 24.8. The molecule has 0 saturated heterocycles. The van der Waals surface area contributed by atoms with Crippen LogP contribution < -0.4 is 9.80 Å². The highest BCUT2D eigenvalue weighted by Gasteiger charge is 2.57. The van der Waals surface area contributed by atoms with E-state index in [4.69, 9.17) is 9.97 Å². The minimum absolute atomic E-state index is 0.0588. The van der Waals surface area contributed by atoms with E-state index in [1.54, 1.807) is 0 Å². The molecule has 0 fully saturated rings. The molecule has 3 heterocycles. The molecule has 3 atom stereocenters. The second kappa shape index (κ2) is 7.28. The van der Waals surface area contributed by atoms with Crippen molar-refractivity contribution in [2.24, 2.45) is 5.92 Å². The van der Waals surface area contributed by atoms with Gasteiger partial charge in [0.15, 0.2) is 11.6 Å². The van der Waals surface area contributed by atoms with Crippen LogP contribution in [0.1, 0.15) is 77.8 Å². The van der Waals surface area contributed by atoms with Gasteiger partial charge >= 0.3 is 0 Å². The Hall–Kier alpha value is -2.95. The smallest absolute Gasteiger partial charge is 0.178 e. The van der Waals surface area contributed by atoms with Crippen LogP contribution >= 0.6 is 0 Å². The van der Waals surface area contributed by atoms with E-state index in [2.05, 4.69) is 49.6 Å². The van der Waals surface area contributed by atoms with E-state index < -0.39 is 5.67 Å². The van der Waals surface area contributed by atoms with Gasteiger partial charge < -0.3 is 9.80 Å². The number of nitrogens with zero attached hydrogens (tertiary/aromatic N) is 4. The van der Waals surface area contributed by atoms with Crippen LogP contribution in [0.2, 0.25) is 0 Å². The summed E-state index contributed by atoms with van der Waals surface area (Å²) in [6, 6.07) is 18.3. The molecule has 182 valence electrons. The van der Waals surface area contributed by atoms with E-state index in [0.29, 0.717) is 6.42 Å². The van der Waals surface area contributed by atoms with Gasteiger partial charge in [0.25, 0.3) is 0 Å². The zero-order valence-corrected chi connectivity index (χ0v) is 21.6. The van der Waals surface area contributed by atoms with Gasteiger partial charge in [-0.25, -0.2) is 14.4 Å². The third kappa shape index (κ3) is 2.96. The SMILES string of the molecule is CCC1(F)c2ccccc2N2c3nc4c(nc3N(c3ccccc3)C2C1C)C(C)(C)CCC4(C)C. The molecule has 5 heteroatoms. The lowest BCUT2D eigenvalue weighted by atomic mass is 9.67. The Balaban J connectivity index is 1.68. The monoisotopic (exact) mass is 470 g/mol. The number of anilines is 4. The minimum atomic E-state index is -1.44. The average molecular weight is 471 g/mol. The molecule has 6 rings (SSSR count). The number of hydrogen-bond donors (Lipinski definition) is 0. The minimum Gasteiger partial charge on any atom is -0.301 e. The maximum Gasteiger partial charge on any atom is 0.178 e. The Labute approximate surface area is 208 Å². The number of rotatable bonds is 2. The predicted octanol–water partition coefficient (Wildman–Crippen LogP) is 7.67. The zero-order valence-electron chi connectivity index (χ0n) is 21.6. The summed E-state index contributed by atoms with van der Waals surface area (Å²) in [6.07, 6.45) is 2.32. The fraction of sp³-hybridized carbons (Fsp3) is 0.467. The molecule has 3 aliphatic rings. The van der Waals surface area contributed by atoms with Gasteiger partial charge in [-0.1, -0.05) is 77.9 Å². The predicted molar refractivity (Wildman–Crippen MR) is 141 cm³/mol. The first-order valence-corrected chi connectivity index (χ1v) is 12.9. The van der Waals surface area contributed by atoms with Crippen molar-refractivity contribution in [2.75, 3.05) is 9.80 Å². The highest BCUT2D eigenvalue weighted by molar-refractivity contribution is 5.86. The van der Waals surface area contributed by atoms with Gasteiger partial charge in [0.2, 0.25) is 0 Å². The number of hydrogen-bond acceptors (Lipinski definition) is 4. The Morgan fingerprint density at radius 3 is 1.97 bits per heavy atom. The summed E-state index contributed by atoms with van der Waals surface area (Å²) in [5.74, 6) is 1.39. The maximum absolute atomic E-state index is 16.9. The van der Waals surface area contributed by atoms with Crippen LogP contribution in [0, 0.1) is 5.92 Å². The fourth-order valence-corrected chi connectivity index (χ4v) is 6.51. The molecule has 3 unspecified atom stereocenters. The molecule has 0 spiro atoms. The first-order valence-electron chi connectivity index (χ1n) is 12.9. The van der Waals surface area contributed by atoms with E-state index in [-0.39, 0.29) is 22.9 Å². The standard InChI is InChI=1S/C30H35FN4/c1-7-30(31)19(2)27-34(20-13-9-8-10-14-20)25-26(35(27)22-16-12-11-15-21(22)30)33-24-23(32-25)28(3,4)17-18-29(24,5)6/h8-16,19,27H,7,17-18H2,1-6H3. The van der Waals surface area contributed by atoms with E-state index in [1.807, 2.05) is 56.3 Å². The molecular weight excluding hydrogens is 435 g/mol. The lowest BCUT2D eigenvalue weighted by Gasteiger charge is -2.48. The summed E-state index contributed by atoms with van der Waals surface area (Å²) >= 11 is 0. The van der Waals surface area contributed by atoms with Crippen molar-refractivity contribution in [3.05, 3.63) is 71.5 Å². The maximum atomic E-state index is 16.9. The molecule has 2 aromatic carbocycles. The summed E-state index contributed by atoms with van der Waals surface area (Å²) in [5, 5.41) is 0. The quantitative estimate of drug-likeness (QED) is 0.385. The Morgan fingerprint density at radius 1 is 0.829 bits per heavy atom. The van der Waals surface area contributed by atoms with Crippen LogP contribution in [0.3, 0.4) is 0 Å². The Morgan fingerprint density at radius 2 is 1.37 bits per heavy atom. The Bertz CT molecular complexity index is 1300. The normalized spacial score (nSPS) is 27.6. The second-order valence-electron chi connectivity index (χ2n) is 11.8. The van der Waals surface area contributed by atoms with Crippen molar-refractivity contribution in [3.8, 4) is 0 Å². The second-order valence-corrected chi connectivity index (χ2v) is 11.8. The number of halogens is 1. The topological polar surface area (TPSA) is 32.3 Å². The van der Waals surface area contributed by atoms with Crippen molar-refractivity contribution in [2.45, 2.75) is 83.5 Å². The van der Waals surface area contributed by atoms with Gasteiger partial charge in [0.1, 0.15) is 11.8 Å². The lowest BCUT2D eigenvalue weighted by Crippen LogP contribution is -2.54. The highest BCUT2D eigenvalue weighted by Crippen LogP contribution is 2.59. The molecule has 0 N–H and O–H groups in total. The lowest BCUT2D eigenvalue weighted by molar-refractivity contribution is 0.0619. The summed E-state index contributed by atoms with van der Waals surface area (Å²) in [7, 11) is 0. The van der Waals surface area contributed by atoms with Crippen LogP contribution in [0.25, 0.3) is 0 Å². The molecule has 4 nitrogen and oxygen atoms in total. The summed E-state index contributed by atoms with van der Waals surface area (Å²) in [6.45, 7) is 13.1. The molecule has 1 aromatic heterocycles. The van der Waals surface area contributed by atoms with Crippen LogP contribution in [0.15, 0.2) is 54.6 Å². The molecule has 0 radical (unpaired) electrons. The van der Waals surface area contributed by atoms with Crippen molar-refractivity contribution >= 4 is 23.0 Å². The number of alkyl halides is 1.